The molecule has 0 aromatic heterocycles. The average Bonchev–Trinajstić information content (AvgIpc) is 2.81. The van der Waals surface area contributed by atoms with Gasteiger partial charge in [-0.05, 0) is 12.8 Å². The molecule has 2 rings (SSSR count). The highest BCUT2D eigenvalue weighted by atomic mass is 16.7. The van der Waals surface area contributed by atoms with Gasteiger partial charge in [-0.2, -0.15) is 0 Å². The van der Waals surface area contributed by atoms with Crippen LogP contribution in [0.5, 0.6) is 0 Å². The lowest BCUT2D eigenvalue weighted by atomic mass is 9.92. The molecule has 2 aliphatic rings. The second-order valence-corrected chi connectivity index (χ2v) is 7.94. The van der Waals surface area contributed by atoms with Crippen LogP contribution < -0.4 is 0 Å². The van der Waals surface area contributed by atoms with E-state index in [9.17, 15) is 10.1 Å². The molecule has 33 heavy (non-hydrogen) atoms. The van der Waals surface area contributed by atoms with Crippen LogP contribution >= 0.6 is 0 Å². The first-order valence-electron chi connectivity index (χ1n) is 11.4. The maximum atomic E-state index is 11.6. The van der Waals surface area contributed by atoms with E-state index in [2.05, 4.69) is 26.3 Å². The van der Waals surface area contributed by atoms with Gasteiger partial charge in [0.05, 0.1) is 33.0 Å². The lowest BCUT2D eigenvalue weighted by Gasteiger charge is -2.46. The molecule has 0 aromatic rings. The van der Waals surface area contributed by atoms with Crippen LogP contribution in [0, 0.1) is 10.1 Å². The van der Waals surface area contributed by atoms with Crippen LogP contribution in [0.1, 0.15) is 25.7 Å². The summed E-state index contributed by atoms with van der Waals surface area (Å²) in [5, 5.41) is 11.6. The predicted molar refractivity (Wildman–Crippen MR) is 124 cm³/mol. The Kier molecular flexibility index (Phi) is 12.5. The lowest BCUT2D eigenvalue weighted by molar-refractivity contribution is -0.543. The summed E-state index contributed by atoms with van der Waals surface area (Å²) < 4.78 is 36.3. The fraction of sp³-hybridized carbons (Fsp3) is 0.667. The summed E-state index contributed by atoms with van der Waals surface area (Å²) in [5.74, 6) is 0. The van der Waals surface area contributed by atoms with E-state index in [0.29, 0.717) is 19.4 Å². The van der Waals surface area contributed by atoms with Crippen molar-refractivity contribution in [3.63, 3.8) is 0 Å². The van der Waals surface area contributed by atoms with Gasteiger partial charge in [0, 0.05) is 11.3 Å². The fourth-order valence-electron chi connectivity index (χ4n) is 4.14. The summed E-state index contributed by atoms with van der Waals surface area (Å²) >= 11 is 0. The van der Waals surface area contributed by atoms with Crippen LogP contribution in [0.2, 0.25) is 0 Å². The average molecular weight is 468 g/mol. The molecule has 2 fully saturated rings. The van der Waals surface area contributed by atoms with Crippen LogP contribution in [-0.4, -0.2) is 80.8 Å². The zero-order valence-corrected chi connectivity index (χ0v) is 19.3. The normalized spacial score (nSPS) is 32.1. The lowest BCUT2D eigenvalue weighted by Crippen LogP contribution is -2.63. The highest BCUT2D eigenvalue weighted by Crippen LogP contribution is 2.33. The van der Waals surface area contributed by atoms with Crippen LogP contribution in [0.15, 0.2) is 50.6 Å². The van der Waals surface area contributed by atoms with Crippen molar-refractivity contribution in [1.82, 2.24) is 0 Å². The molecule has 1 aliphatic heterocycles. The molecule has 1 unspecified atom stereocenters. The number of hydrogen-bond acceptors (Lipinski definition) is 8. The molecule has 186 valence electrons. The molecule has 0 bridgehead atoms. The van der Waals surface area contributed by atoms with E-state index < -0.39 is 42.9 Å². The molecule has 1 saturated carbocycles. The quantitative estimate of drug-likeness (QED) is 0.148. The smallest absolute Gasteiger partial charge is 0.238 e. The number of nitro groups is 1. The van der Waals surface area contributed by atoms with Gasteiger partial charge in [0.15, 0.2) is 6.29 Å². The Balaban J connectivity index is 2.32. The van der Waals surface area contributed by atoms with Gasteiger partial charge in [-0.25, -0.2) is 0 Å². The summed E-state index contributed by atoms with van der Waals surface area (Å²) in [5.41, 5.74) is 0. The molecule has 0 spiro atoms. The first-order valence-corrected chi connectivity index (χ1v) is 11.4. The largest absolute Gasteiger partial charge is 0.375 e. The highest BCUT2D eigenvalue weighted by molar-refractivity contribution is 4.95. The molecule has 1 heterocycles. The van der Waals surface area contributed by atoms with E-state index in [4.69, 9.17) is 28.4 Å². The standard InChI is InChI=1S/C24H37NO8/c1-5-13-28-17-20-21(29-14-6-2)22(30-15-7-3)23(31-16-8-4)24(33-20)32-19-12-10-9-11-18(19)25(26)27/h5-8,18-24H,1-4,9-17H2/t18-,19+,20+,21+,22-,23+,24?/m0/s1. The summed E-state index contributed by atoms with van der Waals surface area (Å²) in [4.78, 5) is 11.4. The molecule has 0 radical (unpaired) electrons. The number of ether oxygens (including phenoxy) is 6. The third kappa shape index (κ3) is 8.13. The number of rotatable bonds is 16. The molecule has 0 amide bonds. The van der Waals surface area contributed by atoms with Gasteiger partial charge in [-0.15, -0.1) is 26.3 Å². The van der Waals surface area contributed by atoms with Gasteiger partial charge in [0.25, 0.3) is 0 Å². The minimum atomic E-state index is -0.911. The second-order valence-electron chi connectivity index (χ2n) is 7.94. The molecule has 1 aliphatic carbocycles. The zero-order valence-electron chi connectivity index (χ0n) is 19.3. The van der Waals surface area contributed by atoms with Gasteiger partial charge in [0.1, 0.15) is 30.5 Å². The van der Waals surface area contributed by atoms with Gasteiger partial charge in [0.2, 0.25) is 6.04 Å². The van der Waals surface area contributed by atoms with Crippen molar-refractivity contribution in [2.45, 2.75) is 68.5 Å². The van der Waals surface area contributed by atoms with E-state index in [1.165, 1.54) is 0 Å². The van der Waals surface area contributed by atoms with E-state index in [1.807, 2.05) is 0 Å². The Morgan fingerprint density at radius 2 is 1.42 bits per heavy atom. The fourth-order valence-corrected chi connectivity index (χ4v) is 4.14. The molecule has 9 nitrogen and oxygen atoms in total. The summed E-state index contributed by atoms with van der Waals surface area (Å²) in [7, 11) is 0. The first kappa shape index (κ1) is 27.4. The minimum absolute atomic E-state index is 0.194. The van der Waals surface area contributed by atoms with Crippen molar-refractivity contribution >= 4 is 0 Å². The van der Waals surface area contributed by atoms with Gasteiger partial charge in [-0.3, -0.25) is 10.1 Å². The molecule has 1 saturated heterocycles. The summed E-state index contributed by atoms with van der Waals surface area (Å²) in [6.07, 6.45) is 5.29. The third-order valence-corrected chi connectivity index (χ3v) is 5.58. The number of nitrogens with zero attached hydrogens (tertiary/aromatic N) is 1. The Labute approximate surface area is 196 Å². The predicted octanol–water partition coefficient (Wildman–Crippen LogP) is 3.23. The number of hydrogen-bond donors (Lipinski definition) is 0. The minimum Gasteiger partial charge on any atom is -0.375 e. The van der Waals surface area contributed by atoms with Crippen LogP contribution in [0.25, 0.3) is 0 Å². The van der Waals surface area contributed by atoms with Crippen molar-refractivity contribution in [3.8, 4) is 0 Å². The molecule has 0 aromatic carbocycles. The van der Waals surface area contributed by atoms with Gasteiger partial charge < -0.3 is 28.4 Å². The van der Waals surface area contributed by atoms with Crippen molar-refractivity contribution in [2.75, 3.05) is 33.0 Å². The molecular formula is C24H37NO8. The summed E-state index contributed by atoms with van der Waals surface area (Å²) in [6, 6.07) is -0.792. The molecule has 0 N–H and O–H groups in total. The maximum absolute atomic E-state index is 11.6. The Morgan fingerprint density at radius 1 is 0.848 bits per heavy atom. The zero-order chi connectivity index (χ0) is 24.1. The topological polar surface area (TPSA) is 98.5 Å². The molecular weight excluding hydrogens is 430 g/mol. The third-order valence-electron chi connectivity index (χ3n) is 5.58. The monoisotopic (exact) mass is 467 g/mol. The Bertz CT molecular complexity index is 642. The van der Waals surface area contributed by atoms with Crippen molar-refractivity contribution < 1.29 is 33.3 Å². The van der Waals surface area contributed by atoms with Crippen LogP contribution in [-0.2, 0) is 28.4 Å². The van der Waals surface area contributed by atoms with E-state index >= 15 is 0 Å². The van der Waals surface area contributed by atoms with E-state index in [0.717, 1.165) is 12.8 Å². The van der Waals surface area contributed by atoms with E-state index in [1.54, 1.807) is 24.3 Å². The Hall–Kier alpha value is -1.88. The van der Waals surface area contributed by atoms with Crippen molar-refractivity contribution in [1.29, 1.82) is 0 Å². The van der Waals surface area contributed by atoms with Gasteiger partial charge >= 0.3 is 0 Å². The summed E-state index contributed by atoms with van der Waals surface area (Å²) in [6.45, 7) is 16.1. The van der Waals surface area contributed by atoms with Crippen LogP contribution in [0.4, 0.5) is 0 Å². The maximum Gasteiger partial charge on any atom is 0.238 e. The Morgan fingerprint density at radius 3 is 2.03 bits per heavy atom. The molecule has 7 atom stereocenters. The highest BCUT2D eigenvalue weighted by Gasteiger charge is 2.50. The second kappa shape index (κ2) is 15.1. The SMILES string of the molecule is C=CCOC[C@H]1OC(O[C@@H]2CCCC[C@@H]2[N+](=O)[O-])[C@H](OCC=C)[C@@H](OCC=C)[C@@H]1OCC=C. The van der Waals surface area contributed by atoms with Crippen molar-refractivity contribution in [3.05, 3.63) is 60.7 Å². The first-order chi connectivity index (χ1) is 16.1. The van der Waals surface area contributed by atoms with Gasteiger partial charge in [-0.1, -0.05) is 30.7 Å². The molecule has 9 heteroatoms. The van der Waals surface area contributed by atoms with Crippen molar-refractivity contribution in [2.24, 2.45) is 0 Å². The van der Waals surface area contributed by atoms with Crippen LogP contribution in [0.3, 0.4) is 0 Å². The van der Waals surface area contributed by atoms with E-state index in [-0.39, 0.29) is 31.4 Å².